The Morgan fingerprint density at radius 1 is 1.41 bits per heavy atom. The van der Waals surface area contributed by atoms with Crippen molar-refractivity contribution in [2.75, 3.05) is 13.1 Å². The van der Waals surface area contributed by atoms with Gasteiger partial charge in [-0.3, -0.25) is 9.59 Å². The van der Waals surface area contributed by atoms with Gasteiger partial charge in [-0.05, 0) is 31.4 Å². The van der Waals surface area contributed by atoms with E-state index in [1.54, 1.807) is 4.90 Å². The number of likely N-dealkylation sites (tertiary alicyclic amines) is 1. The molecule has 1 fully saturated rings. The molecule has 1 atom stereocenters. The summed E-state index contributed by atoms with van der Waals surface area (Å²) in [4.78, 5) is 33.2. The number of carboxylic acid groups (broad SMARTS) is 1. The van der Waals surface area contributed by atoms with Crippen LogP contribution in [0, 0.1) is 5.41 Å². The minimum absolute atomic E-state index is 0.227. The van der Waals surface area contributed by atoms with Crippen molar-refractivity contribution in [3.63, 3.8) is 0 Å². The summed E-state index contributed by atoms with van der Waals surface area (Å²) in [6, 6.07) is 7.45. The number of benzene rings is 1. The number of carbonyl (C=O) groups excluding carboxylic acids is 1. The van der Waals surface area contributed by atoms with Gasteiger partial charge in [0, 0.05) is 13.1 Å². The molecule has 0 aliphatic carbocycles. The van der Waals surface area contributed by atoms with Gasteiger partial charge in [0.15, 0.2) is 5.82 Å². The Balaban J connectivity index is 1.86. The van der Waals surface area contributed by atoms with Gasteiger partial charge in [0.05, 0.1) is 16.4 Å². The van der Waals surface area contributed by atoms with Crippen molar-refractivity contribution in [1.29, 1.82) is 0 Å². The highest BCUT2D eigenvalue weighted by atomic mass is 16.4. The van der Waals surface area contributed by atoms with Gasteiger partial charge >= 0.3 is 5.97 Å². The molecule has 2 heterocycles. The molecule has 22 heavy (non-hydrogen) atoms. The Labute approximate surface area is 128 Å². The van der Waals surface area contributed by atoms with E-state index in [2.05, 4.69) is 9.97 Å². The zero-order valence-corrected chi connectivity index (χ0v) is 12.5. The minimum atomic E-state index is -0.833. The average Bonchev–Trinajstić information content (AvgIpc) is 2.98. The summed E-state index contributed by atoms with van der Waals surface area (Å²) in [6.07, 6.45) is 1.83. The maximum Gasteiger partial charge on any atom is 0.311 e. The van der Waals surface area contributed by atoms with Crippen LogP contribution in [0.15, 0.2) is 24.3 Å². The molecule has 0 spiro atoms. The van der Waals surface area contributed by atoms with E-state index in [0.717, 1.165) is 11.0 Å². The van der Waals surface area contributed by atoms with Crippen molar-refractivity contribution in [3.8, 4) is 0 Å². The number of amides is 1. The SMILES string of the molecule is CC[C@@]1(C(=O)O)CCCN(C(=O)c2nc3ccccc3[nH]2)C1. The van der Waals surface area contributed by atoms with Crippen LogP contribution in [0.4, 0.5) is 0 Å². The number of aromatic nitrogens is 2. The lowest BCUT2D eigenvalue weighted by atomic mass is 9.77. The largest absolute Gasteiger partial charge is 0.481 e. The van der Waals surface area contributed by atoms with E-state index in [4.69, 9.17) is 0 Å². The van der Waals surface area contributed by atoms with Gasteiger partial charge in [0.2, 0.25) is 0 Å². The number of nitrogens with zero attached hydrogens (tertiary/aromatic N) is 2. The van der Waals surface area contributed by atoms with Crippen LogP contribution in [-0.4, -0.2) is 44.9 Å². The van der Waals surface area contributed by atoms with Crippen LogP contribution in [-0.2, 0) is 4.79 Å². The van der Waals surface area contributed by atoms with Gasteiger partial charge in [-0.25, -0.2) is 4.98 Å². The molecular formula is C16H19N3O3. The number of carboxylic acids is 1. The summed E-state index contributed by atoms with van der Waals surface area (Å²) in [5, 5.41) is 9.51. The molecule has 1 aromatic carbocycles. The summed E-state index contributed by atoms with van der Waals surface area (Å²) in [7, 11) is 0. The molecule has 1 saturated heterocycles. The minimum Gasteiger partial charge on any atom is -0.481 e. The first-order valence-corrected chi connectivity index (χ1v) is 7.53. The molecule has 6 nitrogen and oxygen atoms in total. The number of piperidine rings is 1. The molecule has 6 heteroatoms. The third-order valence-corrected chi connectivity index (χ3v) is 4.59. The molecule has 1 aliphatic heterocycles. The predicted octanol–water partition coefficient (Wildman–Crippen LogP) is 2.28. The highest BCUT2D eigenvalue weighted by Crippen LogP contribution is 2.34. The number of nitrogens with one attached hydrogen (secondary N) is 1. The second-order valence-electron chi connectivity index (χ2n) is 5.87. The molecule has 0 saturated carbocycles. The maximum absolute atomic E-state index is 12.6. The van der Waals surface area contributed by atoms with Crippen LogP contribution in [0.5, 0.6) is 0 Å². The van der Waals surface area contributed by atoms with Crippen molar-refractivity contribution in [3.05, 3.63) is 30.1 Å². The van der Waals surface area contributed by atoms with Crippen molar-refractivity contribution < 1.29 is 14.7 Å². The van der Waals surface area contributed by atoms with Crippen LogP contribution in [0.2, 0.25) is 0 Å². The molecule has 0 bridgehead atoms. The van der Waals surface area contributed by atoms with Gasteiger partial charge in [-0.15, -0.1) is 0 Å². The Morgan fingerprint density at radius 2 is 2.18 bits per heavy atom. The lowest BCUT2D eigenvalue weighted by molar-refractivity contribution is -0.152. The van der Waals surface area contributed by atoms with Crippen LogP contribution < -0.4 is 0 Å². The Bertz CT molecular complexity index is 691. The standard InChI is InChI=1S/C16H19N3O3/c1-2-16(15(21)22)8-5-9-19(10-16)14(20)13-17-11-6-3-4-7-12(11)18-13/h3-4,6-7H,2,5,8-10H2,1H3,(H,17,18)(H,21,22)/t16-/m1/s1. The van der Waals surface area contributed by atoms with Gasteiger partial charge in [0.1, 0.15) is 0 Å². The first-order valence-electron chi connectivity index (χ1n) is 7.53. The first-order chi connectivity index (χ1) is 10.6. The molecule has 0 radical (unpaired) electrons. The number of H-pyrrole nitrogens is 1. The lowest BCUT2D eigenvalue weighted by Gasteiger charge is -2.39. The molecule has 2 aromatic rings. The summed E-state index contributed by atoms with van der Waals surface area (Å²) >= 11 is 0. The normalized spacial score (nSPS) is 22.0. The number of fused-ring (bicyclic) bond motifs is 1. The van der Waals surface area contributed by atoms with Crippen LogP contribution in [0.1, 0.15) is 36.8 Å². The summed E-state index contributed by atoms with van der Waals surface area (Å²) in [5.74, 6) is -0.773. The van der Waals surface area contributed by atoms with E-state index in [1.165, 1.54) is 0 Å². The highest BCUT2D eigenvalue weighted by molar-refractivity contribution is 5.94. The molecule has 0 unspecified atom stereocenters. The quantitative estimate of drug-likeness (QED) is 0.910. The van der Waals surface area contributed by atoms with Crippen LogP contribution in [0.3, 0.4) is 0 Å². The van der Waals surface area contributed by atoms with E-state index < -0.39 is 11.4 Å². The van der Waals surface area contributed by atoms with E-state index in [9.17, 15) is 14.7 Å². The number of hydrogen-bond donors (Lipinski definition) is 2. The second kappa shape index (κ2) is 5.44. The molecule has 2 N–H and O–H groups in total. The number of rotatable bonds is 3. The number of para-hydroxylation sites is 2. The summed E-state index contributed by atoms with van der Waals surface area (Å²) in [6.45, 7) is 2.68. The van der Waals surface area contributed by atoms with E-state index >= 15 is 0 Å². The molecule has 116 valence electrons. The predicted molar refractivity (Wildman–Crippen MR) is 81.6 cm³/mol. The van der Waals surface area contributed by atoms with Crippen molar-refractivity contribution in [2.45, 2.75) is 26.2 Å². The molecule has 1 aromatic heterocycles. The summed E-state index contributed by atoms with van der Waals surface area (Å²) in [5.41, 5.74) is 0.714. The number of hydrogen-bond acceptors (Lipinski definition) is 3. The number of imidazole rings is 1. The smallest absolute Gasteiger partial charge is 0.311 e. The van der Waals surface area contributed by atoms with Crippen molar-refractivity contribution >= 4 is 22.9 Å². The average molecular weight is 301 g/mol. The fourth-order valence-electron chi connectivity index (χ4n) is 3.12. The topological polar surface area (TPSA) is 86.3 Å². The summed E-state index contributed by atoms with van der Waals surface area (Å²) < 4.78 is 0. The van der Waals surface area contributed by atoms with E-state index in [1.807, 2.05) is 31.2 Å². The second-order valence-corrected chi connectivity index (χ2v) is 5.87. The van der Waals surface area contributed by atoms with Gasteiger partial charge in [-0.1, -0.05) is 19.1 Å². The zero-order valence-electron chi connectivity index (χ0n) is 12.5. The Hall–Kier alpha value is -2.37. The monoisotopic (exact) mass is 301 g/mol. The fourth-order valence-corrected chi connectivity index (χ4v) is 3.12. The number of aliphatic carboxylic acids is 1. The van der Waals surface area contributed by atoms with Crippen LogP contribution >= 0.6 is 0 Å². The maximum atomic E-state index is 12.6. The van der Waals surface area contributed by atoms with E-state index in [-0.39, 0.29) is 18.3 Å². The third-order valence-electron chi connectivity index (χ3n) is 4.59. The Morgan fingerprint density at radius 3 is 2.86 bits per heavy atom. The van der Waals surface area contributed by atoms with Crippen molar-refractivity contribution in [2.24, 2.45) is 5.41 Å². The van der Waals surface area contributed by atoms with E-state index in [0.29, 0.717) is 25.8 Å². The number of aromatic amines is 1. The van der Waals surface area contributed by atoms with Crippen molar-refractivity contribution in [1.82, 2.24) is 14.9 Å². The van der Waals surface area contributed by atoms with Gasteiger partial charge in [-0.2, -0.15) is 0 Å². The molecule has 1 amide bonds. The highest BCUT2D eigenvalue weighted by Gasteiger charge is 2.42. The zero-order chi connectivity index (χ0) is 15.7. The third kappa shape index (κ3) is 2.34. The van der Waals surface area contributed by atoms with Gasteiger partial charge < -0.3 is 15.0 Å². The molecule has 1 aliphatic rings. The van der Waals surface area contributed by atoms with Crippen LogP contribution in [0.25, 0.3) is 11.0 Å². The van der Waals surface area contributed by atoms with Gasteiger partial charge in [0.25, 0.3) is 5.91 Å². The Kier molecular flexibility index (Phi) is 3.60. The first kappa shape index (κ1) is 14.6. The molecule has 3 rings (SSSR count). The number of carbonyl (C=O) groups is 2. The lowest BCUT2D eigenvalue weighted by Crippen LogP contribution is -2.49. The molecular weight excluding hydrogens is 282 g/mol. The fraction of sp³-hybridized carbons (Fsp3) is 0.438.